The molecule has 1 aliphatic heterocycles. The van der Waals surface area contributed by atoms with Crippen LogP contribution in [0.5, 0.6) is 0 Å². The zero-order chi connectivity index (χ0) is 19.5. The minimum absolute atomic E-state index is 0.135. The summed E-state index contributed by atoms with van der Waals surface area (Å²) in [7, 11) is 0. The molecule has 4 rings (SSSR count). The molecule has 1 aliphatic rings. The molecule has 0 aliphatic carbocycles. The lowest BCUT2D eigenvalue weighted by Gasteiger charge is -2.28. The van der Waals surface area contributed by atoms with Gasteiger partial charge in [0, 0.05) is 42.9 Å². The topological polar surface area (TPSA) is 72.3 Å². The van der Waals surface area contributed by atoms with Crippen LogP contribution in [0.4, 0.5) is 5.69 Å². The van der Waals surface area contributed by atoms with Gasteiger partial charge in [-0.15, -0.1) is 0 Å². The van der Waals surface area contributed by atoms with Crippen molar-refractivity contribution in [2.75, 3.05) is 31.2 Å². The van der Waals surface area contributed by atoms with Crippen LogP contribution in [-0.2, 0) is 11.3 Å². The van der Waals surface area contributed by atoms with E-state index in [9.17, 15) is 4.79 Å². The van der Waals surface area contributed by atoms with E-state index in [0.29, 0.717) is 12.1 Å². The van der Waals surface area contributed by atoms with Crippen molar-refractivity contribution in [2.24, 2.45) is 0 Å². The van der Waals surface area contributed by atoms with Gasteiger partial charge in [-0.1, -0.05) is 12.1 Å². The van der Waals surface area contributed by atoms with Crippen molar-refractivity contribution in [3.63, 3.8) is 0 Å². The highest BCUT2D eigenvalue weighted by atomic mass is 16.5. The van der Waals surface area contributed by atoms with E-state index in [1.165, 1.54) is 5.69 Å². The molecule has 0 saturated carbocycles. The first-order valence-electron chi connectivity index (χ1n) is 9.65. The second-order valence-corrected chi connectivity index (χ2v) is 7.27. The second-order valence-electron chi connectivity index (χ2n) is 7.27. The third kappa shape index (κ3) is 3.84. The number of rotatable bonds is 5. The fourth-order valence-corrected chi connectivity index (χ4v) is 3.37. The number of nitrogens with one attached hydrogen (secondary N) is 1. The Kier molecular flexibility index (Phi) is 5.25. The number of hydrogen-bond donors (Lipinski definition) is 1. The molecule has 1 amide bonds. The minimum atomic E-state index is -0.135. The van der Waals surface area contributed by atoms with Crippen molar-refractivity contribution in [3.05, 3.63) is 53.9 Å². The molecule has 1 aromatic carbocycles. The molecule has 1 saturated heterocycles. The number of ether oxygens (including phenoxy) is 1. The molecule has 28 heavy (non-hydrogen) atoms. The Bertz CT molecular complexity index is 959. The lowest BCUT2D eigenvalue weighted by molar-refractivity contribution is 0.0950. The second kappa shape index (κ2) is 7.98. The summed E-state index contributed by atoms with van der Waals surface area (Å²) in [5.41, 5.74) is 3.59. The molecule has 0 atom stereocenters. The van der Waals surface area contributed by atoms with Gasteiger partial charge in [-0.05, 0) is 37.6 Å². The average Bonchev–Trinajstić information content (AvgIpc) is 3.16. The highest BCUT2D eigenvalue weighted by Crippen LogP contribution is 2.18. The van der Waals surface area contributed by atoms with E-state index < -0.39 is 0 Å². The van der Waals surface area contributed by atoms with Crippen molar-refractivity contribution < 1.29 is 9.53 Å². The van der Waals surface area contributed by atoms with Crippen LogP contribution in [0.1, 0.15) is 35.8 Å². The van der Waals surface area contributed by atoms with E-state index in [1.54, 1.807) is 12.4 Å². The summed E-state index contributed by atoms with van der Waals surface area (Å²) in [4.78, 5) is 19.3. The lowest BCUT2D eigenvalue weighted by Crippen LogP contribution is -2.36. The molecular weight excluding hydrogens is 354 g/mol. The van der Waals surface area contributed by atoms with Gasteiger partial charge in [0.15, 0.2) is 5.65 Å². The van der Waals surface area contributed by atoms with Crippen LogP contribution in [0.15, 0.2) is 42.7 Å². The summed E-state index contributed by atoms with van der Waals surface area (Å²) in [6.07, 6.45) is 3.36. The summed E-state index contributed by atoms with van der Waals surface area (Å²) < 4.78 is 7.25. The summed E-state index contributed by atoms with van der Waals surface area (Å²) in [6, 6.07) is 10.4. The Morgan fingerprint density at radius 2 is 1.93 bits per heavy atom. The summed E-state index contributed by atoms with van der Waals surface area (Å²) in [6.45, 7) is 7.96. The SMILES string of the molecule is CC(C)n1ncc2cc(C(=O)NCc3ccc(N4CCOCC4)cc3)cnc21. The molecule has 7 nitrogen and oxygen atoms in total. The fourth-order valence-electron chi connectivity index (χ4n) is 3.37. The van der Waals surface area contributed by atoms with Gasteiger partial charge in [0.1, 0.15) is 0 Å². The van der Waals surface area contributed by atoms with Crippen LogP contribution in [0.2, 0.25) is 0 Å². The van der Waals surface area contributed by atoms with E-state index in [2.05, 4.69) is 58.4 Å². The molecule has 7 heteroatoms. The Morgan fingerprint density at radius 3 is 2.64 bits per heavy atom. The van der Waals surface area contributed by atoms with Crippen LogP contribution >= 0.6 is 0 Å². The number of benzene rings is 1. The number of carbonyl (C=O) groups is 1. The molecule has 1 N–H and O–H groups in total. The first kappa shape index (κ1) is 18.4. The Balaban J connectivity index is 1.39. The van der Waals surface area contributed by atoms with E-state index in [1.807, 2.05) is 10.7 Å². The molecule has 3 aromatic rings. The number of anilines is 1. The van der Waals surface area contributed by atoms with E-state index in [-0.39, 0.29) is 11.9 Å². The van der Waals surface area contributed by atoms with E-state index >= 15 is 0 Å². The molecule has 1 fully saturated rings. The van der Waals surface area contributed by atoms with Crippen LogP contribution in [0.25, 0.3) is 11.0 Å². The summed E-state index contributed by atoms with van der Waals surface area (Å²) >= 11 is 0. The van der Waals surface area contributed by atoms with E-state index in [0.717, 1.165) is 42.9 Å². The summed E-state index contributed by atoms with van der Waals surface area (Å²) in [5, 5.41) is 8.19. The molecular formula is C21H25N5O2. The van der Waals surface area contributed by atoms with Crippen molar-refractivity contribution in [1.29, 1.82) is 0 Å². The number of fused-ring (bicyclic) bond motifs is 1. The number of hydrogen-bond acceptors (Lipinski definition) is 5. The van der Waals surface area contributed by atoms with Gasteiger partial charge in [0.25, 0.3) is 5.91 Å². The van der Waals surface area contributed by atoms with Crippen molar-refractivity contribution >= 4 is 22.6 Å². The smallest absolute Gasteiger partial charge is 0.253 e. The number of amides is 1. The van der Waals surface area contributed by atoms with Gasteiger partial charge in [0.05, 0.1) is 25.0 Å². The predicted octanol–water partition coefficient (Wildman–Crippen LogP) is 2.78. The maximum Gasteiger partial charge on any atom is 0.253 e. The molecule has 2 aromatic heterocycles. The highest BCUT2D eigenvalue weighted by Gasteiger charge is 2.13. The number of nitrogens with zero attached hydrogens (tertiary/aromatic N) is 4. The van der Waals surface area contributed by atoms with Gasteiger partial charge in [-0.2, -0.15) is 5.10 Å². The maximum absolute atomic E-state index is 12.5. The highest BCUT2D eigenvalue weighted by molar-refractivity contribution is 5.96. The molecule has 0 radical (unpaired) electrons. The zero-order valence-electron chi connectivity index (χ0n) is 16.3. The van der Waals surface area contributed by atoms with Crippen molar-refractivity contribution in [3.8, 4) is 0 Å². The zero-order valence-corrected chi connectivity index (χ0v) is 16.3. The summed E-state index contributed by atoms with van der Waals surface area (Å²) in [5.74, 6) is -0.135. The van der Waals surface area contributed by atoms with Gasteiger partial charge in [0.2, 0.25) is 0 Å². The first-order chi connectivity index (χ1) is 13.6. The van der Waals surface area contributed by atoms with Crippen molar-refractivity contribution in [2.45, 2.75) is 26.4 Å². The van der Waals surface area contributed by atoms with Crippen LogP contribution in [0, 0.1) is 0 Å². The van der Waals surface area contributed by atoms with Crippen LogP contribution < -0.4 is 10.2 Å². The van der Waals surface area contributed by atoms with Gasteiger partial charge < -0.3 is 15.0 Å². The predicted molar refractivity (Wildman–Crippen MR) is 109 cm³/mol. The molecule has 0 bridgehead atoms. The van der Waals surface area contributed by atoms with E-state index in [4.69, 9.17) is 4.74 Å². The molecule has 0 spiro atoms. The van der Waals surface area contributed by atoms with Gasteiger partial charge in [-0.3, -0.25) is 4.79 Å². The normalized spacial score (nSPS) is 14.6. The number of morpholine rings is 1. The largest absolute Gasteiger partial charge is 0.378 e. The molecule has 0 unspecified atom stereocenters. The van der Waals surface area contributed by atoms with Crippen LogP contribution in [-0.4, -0.2) is 47.0 Å². The third-order valence-corrected chi connectivity index (χ3v) is 4.95. The first-order valence-corrected chi connectivity index (χ1v) is 9.65. The van der Waals surface area contributed by atoms with Crippen molar-refractivity contribution in [1.82, 2.24) is 20.1 Å². The standard InChI is InChI=1S/C21H25N5O2/c1-15(2)26-20-17(14-24-26)11-18(13-22-20)21(27)23-12-16-3-5-19(6-4-16)25-7-9-28-10-8-25/h3-6,11,13-15H,7-10,12H2,1-2H3,(H,23,27). The fraction of sp³-hybridized carbons (Fsp3) is 0.381. The maximum atomic E-state index is 12.5. The number of pyridine rings is 1. The lowest BCUT2D eigenvalue weighted by atomic mass is 10.1. The van der Waals surface area contributed by atoms with Gasteiger partial charge in [-0.25, -0.2) is 9.67 Å². The van der Waals surface area contributed by atoms with Gasteiger partial charge >= 0.3 is 0 Å². The van der Waals surface area contributed by atoms with Crippen LogP contribution in [0.3, 0.4) is 0 Å². The monoisotopic (exact) mass is 379 g/mol. The average molecular weight is 379 g/mol. The quantitative estimate of drug-likeness (QED) is 0.738. The third-order valence-electron chi connectivity index (χ3n) is 4.95. The Labute approximate surface area is 164 Å². The number of carbonyl (C=O) groups excluding carboxylic acids is 1. The molecule has 3 heterocycles. The number of aromatic nitrogens is 3. The minimum Gasteiger partial charge on any atom is -0.378 e. The Hall–Kier alpha value is -2.93. The Morgan fingerprint density at radius 1 is 1.18 bits per heavy atom. The molecule has 146 valence electrons.